The van der Waals surface area contributed by atoms with E-state index in [0.29, 0.717) is 24.6 Å². The average Bonchev–Trinajstić information content (AvgIpc) is 2.66. The summed E-state index contributed by atoms with van der Waals surface area (Å²) in [7, 11) is 0. The summed E-state index contributed by atoms with van der Waals surface area (Å²) in [6.45, 7) is 7.00. The van der Waals surface area contributed by atoms with Gasteiger partial charge in [0.05, 0.1) is 6.10 Å². The van der Waals surface area contributed by atoms with Crippen molar-refractivity contribution in [1.29, 1.82) is 0 Å². The highest BCUT2D eigenvalue weighted by atomic mass is 35.5. The third-order valence-electron chi connectivity index (χ3n) is 5.85. The second kappa shape index (κ2) is 7.63. The number of amides is 1. The van der Waals surface area contributed by atoms with E-state index >= 15 is 0 Å². The second-order valence-corrected chi connectivity index (χ2v) is 8.12. The van der Waals surface area contributed by atoms with E-state index in [9.17, 15) is 4.79 Å². The zero-order valence-corrected chi connectivity index (χ0v) is 16.8. The van der Waals surface area contributed by atoms with E-state index in [-0.39, 0.29) is 12.0 Å². The lowest BCUT2D eigenvalue weighted by Crippen LogP contribution is -2.75. The number of nitrogens with one attached hydrogen (secondary N) is 1. The monoisotopic (exact) mass is 386 g/mol. The van der Waals surface area contributed by atoms with Gasteiger partial charge in [-0.15, -0.1) is 0 Å². The zero-order valence-electron chi connectivity index (χ0n) is 16.1. The first-order chi connectivity index (χ1) is 12.8. The highest BCUT2D eigenvalue weighted by Crippen LogP contribution is 2.49. The van der Waals surface area contributed by atoms with Crippen molar-refractivity contribution in [2.24, 2.45) is 11.1 Å². The van der Waals surface area contributed by atoms with Crippen LogP contribution in [-0.4, -0.2) is 24.2 Å². The van der Waals surface area contributed by atoms with Crippen molar-refractivity contribution in [2.75, 3.05) is 6.61 Å². The van der Waals surface area contributed by atoms with Crippen molar-refractivity contribution in [2.45, 2.75) is 45.4 Å². The molecule has 27 heavy (non-hydrogen) atoms. The van der Waals surface area contributed by atoms with E-state index in [1.54, 1.807) is 0 Å². The van der Waals surface area contributed by atoms with E-state index in [1.807, 2.05) is 69.3 Å². The largest absolute Gasteiger partial charge is 0.378 e. The molecule has 3 N–H and O–H groups in total. The van der Waals surface area contributed by atoms with Crippen LogP contribution in [0.5, 0.6) is 0 Å². The molecule has 0 bridgehead atoms. The lowest BCUT2D eigenvalue weighted by molar-refractivity contribution is -0.170. The van der Waals surface area contributed by atoms with Gasteiger partial charge in [-0.05, 0) is 35.7 Å². The van der Waals surface area contributed by atoms with Crippen LogP contribution in [0.1, 0.15) is 32.8 Å². The van der Waals surface area contributed by atoms with Crippen LogP contribution in [0.2, 0.25) is 5.02 Å². The van der Waals surface area contributed by atoms with Gasteiger partial charge in [-0.25, -0.2) is 0 Å². The smallest absolute Gasteiger partial charge is 0.241 e. The van der Waals surface area contributed by atoms with E-state index in [2.05, 4.69) is 5.32 Å². The topological polar surface area (TPSA) is 64.3 Å². The summed E-state index contributed by atoms with van der Waals surface area (Å²) in [5, 5.41) is 3.74. The number of benzene rings is 2. The van der Waals surface area contributed by atoms with Gasteiger partial charge in [0.2, 0.25) is 5.91 Å². The lowest BCUT2D eigenvalue weighted by atomic mass is 9.54. The van der Waals surface area contributed by atoms with Gasteiger partial charge in [-0.1, -0.05) is 61.8 Å². The second-order valence-electron chi connectivity index (χ2n) is 7.69. The van der Waals surface area contributed by atoms with Crippen molar-refractivity contribution in [3.8, 4) is 11.1 Å². The fraction of sp³-hybridized carbons (Fsp3) is 0.409. The Balaban J connectivity index is 1.73. The van der Waals surface area contributed by atoms with Gasteiger partial charge in [0, 0.05) is 30.0 Å². The maximum Gasteiger partial charge on any atom is 0.241 e. The maximum atomic E-state index is 12.9. The standard InChI is InChI=1S/C22H27ClN2O2/c1-4-27-19-13-22(24,21(19,2)3)20(26)25-14-16-7-5-6-8-18(16)15-9-11-17(23)12-10-15/h5-12,19H,4,13-14,24H2,1-3H3,(H,25,26). The summed E-state index contributed by atoms with van der Waals surface area (Å²) >= 11 is 5.99. The average molecular weight is 387 g/mol. The molecule has 0 radical (unpaired) electrons. The molecule has 2 aromatic rings. The van der Waals surface area contributed by atoms with Gasteiger partial charge in [-0.2, -0.15) is 0 Å². The molecule has 1 amide bonds. The van der Waals surface area contributed by atoms with Crippen LogP contribution in [0.15, 0.2) is 48.5 Å². The van der Waals surface area contributed by atoms with E-state index in [1.165, 1.54) is 0 Å². The summed E-state index contributed by atoms with van der Waals surface area (Å²) in [5.74, 6) is -0.130. The number of ether oxygens (including phenoxy) is 1. The SMILES string of the molecule is CCOC1CC(N)(C(=O)NCc2ccccc2-c2ccc(Cl)cc2)C1(C)C. The van der Waals surface area contributed by atoms with Gasteiger partial charge in [0.1, 0.15) is 5.54 Å². The summed E-state index contributed by atoms with van der Waals surface area (Å²) in [4.78, 5) is 12.9. The zero-order chi connectivity index (χ0) is 19.7. The molecule has 4 nitrogen and oxygen atoms in total. The van der Waals surface area contributed by atoms with Crippen molar-refractivity contribution < 1.29 is 9.53 Å². The number of hydrogen-bond acceptors (Lipinski definition) is 3. The normalized spacial score (nSPS) is 23.5. The summed E-state index contributed by atoms with van der Waals surface area (Å²) in [6.07, 6.45) is 0.554. The fourth-order valence-corrected chi connectivity index (χ4v) is 3.87. The Hall–Kier alpha value is -1.88. The molecule has 0 aromatic heterocycles. The molecule has 144 valence electrons. The molecule has 1 aliphatic carbocycles. The Labute approximate surface area is 166 Å². The van der Waals surface area contributed by atoms with Crippen LogP contribution in [0.4, 0.5) is 0 Å². The van der Waals surface area contributed by atoms with Crippen LogP contribution in [0.3, 0.4) is 0 Å². The highest BCUT2D eigenvalue weighted by Gasteiger charge is 2.62. The van der Waals surface area contributed by atoms with Gasteiger partial charge in [-0.3, -0.25) is 4.79 Å². The Morgan fingerprint density at radius 1 is 1.22 bits per heavy atom. The highest BCUT2D eigenvalue weighted by molar-refractivity contribution is 6.30. The fourth-order valence-electron chi connectivity index (χ4n) is 3.74. The van der Waals surface area contributed by atoms with Gasteiger partial charge >= 0.3 is 0 Å². The lowest BCUT2D eigenvalue weighted by Gasteiger charge is -2.57. The Bertz CT molecular complexity index is 819. The van der Waals surface area contributed by atoms with Crippen molar-refractivity contribution in [3.05, 3.63) is 59.1 Å². The minimum absolute atomic E-state index is 0.0135. The van der Waals surface area contributed by atoms with Gasteiger partial charge < -0.3 is 15.8 Å². The molecule has 3 rings (SSSR count). The van der Waals surface area contributed by atoms with E-state index < -0.39 is 11.0 Å². The predicted octanol–water partition coefficient (Wildman–Crippen LogP) is 4.16. The number of carbonyl (C=O) groups is 1. The van der Waals surface area contributed by atoms with Crippen molar-refractivity contribution >= 4 is 17.5 Å². The molecule has 0 aliphatic heterocycles. The third kappa shape index (κ3) is 3.62. The molecule has 1 fully saturated rings. The Kier molecular flexibility index (Phi) is 5.61. The first-order valence-corrected chi connectivity index (χ1v) is 9.70. The van der Waals surface area contributed by atoms with Gasteiger partial charge in [0.25, 0.3) is 0 Å². The molecule has 1 saturated carbocycles. The molecule has 2 aromatic carbocycles. The van der Waals surface area contributed by atoms with Crippen molar-refractivity contribution in [3.63, 3.8) is 0 Å². The van der Waals surface area contributed by atoms with Crippen molar-refractivity contribution in [1.82, 2.24) is 5.32 Å². The summed E-state index contributed by atoms with van der Waals surface area (Å²) in [5.41, 5.74) is 8.32. The third-order valence-corrected chi connectivity index (χ3v) is 6.10. The first kappa shape index (κ1) is 19.9. The Morgan fingerprint density at radius 3 is 2.52 bits per heavy atom. The molecule has 2 atom stereocenters. The quantitative estimate of drug-likeness (QED) is 0.783. The Morgan fingerprint density at radius 2 is 1.89 bits per heavy atom. The van der Waals surface area contributed by atoms with E-state index in [0.717, 1.165) is 16.7 Å². The number of carbonyl (C=O) groups excluding carboxylic acids is 1. The summed E-state index contributed by atoms with van der Waals surface area (Å²) < 4.78 is 5.72. The van der Waals surface area contributed by atoms with Crippen LogP contribution in [-0.2, 0) is 16.1 Å². The summed E-state index contributed by atoms with van der Waals surface area (Å²) in [6, 6.07) is 15.7. The number of nitrogens with two attached hydrogens (primary N) is 1. The first-order valence-electron chi connectivity index (χ1n) is 9.32. The number of halogens is 1. The molecule has 1 aliphatic rings. The molecule has 5 heteroatoms. The molecular formula is C22H27ClN2O2. The molecule has 2 unspecified atom stereocenters. The molecule has 0 saturated heterocycles. The predicted molar refractivity (Wildman–Crippen MR) is 109 cm³/mol. The van der Waals surface area contributed by atoms with Crippen LogP contribution >= 0.6 is 11.6 Å². The van der Waals surface area contributed by atoms with Gasteiger partial charge in [0.15, 0.2) is 0 Å². The number of hydrogen-bond donors (Lipinski definition) is 2. The van der Waals surface area contributed by atoms with Crippen LogP contribution < -0.4 is 11.1 Å². The number of rotatable bonds is 6. The van der Waals surface area contributed by atoms with E-state index in [4.69, 9.17) is 22.1 Å². The maximum absolute atomic E-state index is 12.9. The van der Waals surface area contributed by atoms with Crippen LogP contribution in [0.25, 0.3) is 11.1 Å². The molecule has 0 spiro atoms. The minimum Gasteiger partial charge on any atom is -0.378 e. The molecular weight excluding hydrogens is 360 g/mol. The molecule has 0 heterocycles. The minimum atomic E-state index is -0.915. The van der Waals surface area contributed by atoms with Crippen LogP contribution in [0, 0.1) is 5.41 Å².